The summed E-state index contributed by atoms with van der Waals surface area (Å²) in [5, 5.41) is 12.2. The molecule has 12 heteroatoms. The zero-order valence-corrected chi connectivity index (χ0v) is 23.5. The Morgan fingerprint density at radius 3 is 2.29 bits per heavy atom. The fraction of sp³-hybridized carbons (Fsp3) is 0.269. The van der Waals surface area contributed by atoms with Crippen molar-refractivity contribution in [2.75, 3.05) is 11.9 Å². The van der Waals surface area contributed by atoms with Crippen molar-refractivity contribution in [1.82, 2.24) is 15.2 Å². The summed E-state index contributed by atoms with van der Waals surface area (Å²) < 4.78 is 28.3. The molecule has 0 spiro atoms. The highest BCUT2D eigenvalue weighted by atomic mass is 35.5. The number of nitrogens with zero attached hydrogens (tertiary/aromatic N) is 1. The van der Waals surface area contributed by atoms with Gasteiger partial charge in [0.05, 0.1) is 31.6 Å². The lowest BCUT2D eigenvalue weighted by Crippen LogP contribution is -2.50. The van der Waals surface area contributed by atoms with Crippen LogP contribution in [0.1, 0.15) is 38.1 Å². The van der Waals surface area contributed by atoms with Gasteiger partial charge in [-0.1, -0.05) is 57.0 Å². The second kappa shape index (κ2) is 11.4. The van der Waals surface area contributed by atoms with Gasteiger partial charge in [-0.3, -0.25) is 19.8 Å². The lowest BCUT2D eigenvalue weighted by molar-refractivity contribution is -0.144. The van der Waals surface area contributed by atoms with E-state index in [0.717, 1.165) is 0 Å². The highest BCUT2D eigenvalue weighted by molar-refractivity contribution is 7.89. The predicted octanol–water partition coefficient (Wildman–Crippen LogP) is 5.14. The highest BCUT2D eigenvalue weighted by Gasteiger charge is 2.43. The Hall–Kier alpha value is -3.02. The van der Waals surface area contributed by atoms with Crippen LogP contribution < -0.4 is 15.5 Å². The maximum absolute atomic E-state index is 12.9. The lowest BCUT2D eigenvalue weighted by atomic mass is 9.67. The van der Waals surface area contributed by atoms with Crippen LogP contribution in [-0.2, 0) is 14.8 Å². The molecule has 0 aliphatic heterocycles. The number of benzene rings is 2. The molecule has 3 rings (SSSR count). The molecular formula is C26H28Cl2N4O5S. The SMILES string of the molecule is CC(C)(CNS(=O)(=O)c1ccc(C(=O)Nc2ccc(Cl)c(-c3ccccn3)c2)c(Cl)c1)C(C)(C)C(=O)NO. The number of aromatic nitrogens is 1. The van der Waals surface area contributed by atoms with Crippen molar-refractivity contribution < 1.29 is 23.2 Å². The Kier molecular flexibility index (Phi) is 8.85. The number of halogens is 2. The molecule has 0 fully saturated rings. The van der Waals surface area contributed by atoms with E-state index in [4.69, 9.17) is 28.4 Å². The van der Waals surface area contributed by atoms with Gasteiger partial charge in [0.15, 0.2) is 0 Å². The molecule has 0 atom stereocenters. The summed E-state index contributed by atoms with van der Waals surface area (Å²) >= 11 is 12.6. The van der Waals surface area contributed by atoms with E-state index in [1.54, 1.807) is 69.7 Å². The lowest BCUT2D eigenvalue weighted by Gasteiger charge is -2.39. The Labute approximate surface area is 231 Å². The molecule has 0 unspecified atom stereocenters. The van der Waals surface area contributed by atoms with Gasteiger partial charge in [0.25, 0.3) is 5.91 Å². The molecule has 2 amide bonds. The smallest absolute Gasteiger partial charge is 0.257 e. The normalized spacial score (nSPS) is 12.2. The standard InChI is InChI=1S/C26H28Cl2N4O5S/c1-25(2,26(3,4)24(34)32-35)15-30-38(36,37)17-9-10-18(21(28)14-17)23(33)31-16-8-11-20(27)19(13-16)22-7-5-6-12-29-22/h5-14,30,35H,15H2,1-4H3,(H,31,33)(H,32,34). The maximum Gasteiger partial charge on any atom is 0.257 e. The number of nitrogens with one attached hydrogen (secondary N) is 3. The van der Waals surface area contributed by atoms with Crippen molar-refractivity contribution >= 4 is 50.7 Å². The zero-order valence-electron chi connectivity index (χ0n) is 21.2. The van der Waals surface area contributed by atoms with Crippen molar-refractivity contribution in [2.24, 2.45) is 10.8 Å². The average molecular weight is 580 g/mol. The van der Waals surface area contributed by atoms with E-state index in [9.17, 15) is 18.0 Å². The largest absolute Gasteiger partial charge is 0.322 e. The van der Waals surface area contributed by atoms with E-state index < -0.39 is 32.7 Å². The van der Waals surface area contributed by atoms with E-state index in [1.807, 2.05) is 6.07 Å². The first-order chi connectivity index (χ1) is 17.7. The van der Waals surface area contributed by atoms with Crippen molar-refractivity contribution in [3.8, 4) is 11.3 Å². The molecule has 1 aromatic heterocycles. The minimum absolute atomic E-state index is 0.0662. The molecular weight excluding hydrogens is 551 g/mol. The summed E-state index contributed by atoms with van der Waals surface area (Å²) in [6, 6.07) is 14.1. The third-order valence-electron chi connectivity index (χ3n) is 6.73. The van der Waals surface area contributed by atoms with Crippen LogP contribution in [0.3, 0.4) is 0 Å². The average Bonchev–Trinajstić information content (AvgIpc) is 2.88. The van der Waals surface area contributed by atoms with Gasteiger partial charge in [0.2, 0.25) is 15.9 Å². The highest BCUT2D eigenvalue weighted by Crippen LogP contribution is 2.38. The Balaban J connectivity index is 1.77. The van der Waals surface area contributed by atoms with Crippen molar-refractivity contribution in [3.05, 3.63) is 76.4 Å². The van der Waals surface area contributed by atoms with Gasteiger partial charge in [-0.05, 0) is 53.9 Å². The first-order valence-electron chi connectivity index (χ1n) is 11.5. The minimum atomic E-state index is -4.03. The summed E-state index contributed by atoms with van der Waals surface area (Å²) in [4.78, 5) is 29.1. The third-order valence-corrected chi connectivity index (χ3v) is 8.77. The molecule has 1 heterocycles. The zero-order chi connectivity index (χ0) is 28.3. The molecule has 0 aliphatic rings. The first-order valence-corrected chi connectivity index (χ1v) is 13.7. The number of carbonyl (C=O) groups is 2. The molecule has 2 aromatic carbocycles. The summed E-state index contributed by atoms with van der Waals surface area (Å²) in [5.41, 5.74) is 1.44. The Morgan fingerprint density at radius 2 is 1.68 bits per heavy atom. The number of hydrogen-bond acceptors (Lipinski definition) is 6. The summed E-state index contributed by atoms with van der Waals surface area (Å²) in [7, 11) is -4.03. The van der Waals surface area contributed by atoms with Crippen LogP contribution in [0.5, 0.6) is 0 Å². The number of hydrogen-bond donors (Lipinski definition) is 4. The molecule has 0 radical (unpaired) electrons. The molecule has 0 saturated carbocycles. The van der Waals surface area contributed by atoms with Crippen LogP contribution in [0.25, 0.3) is 11.3 Å². The minimum Gasteiger partial charge on any atom is -0.322 e. The first kappa shape index (κ1) is 29.5. The van der Waals surface area contributed by atoms with Crippen LogP contribution >= 0.6 is 23.2 Å². The number of anilines is 1. The van der Waals surface area contributed by atoms with Crippen LogP contribution in [0.15, 0.2) is 65.7 Å². The van der Waals surface area contributed by atoms with Gasteiger partial charge in [-0.25, -0.2) is 18.6 Å². The summed E-state index contributed by atoms with van der Waals surface area (Å²) in [6.07, 6.45) is 1.63. The monoisotopic (exact) mass is 578 g/mol. The number of pyridine rings is 1. The molecule has 202 valence electrons. The van der Waals surface area contributed by atoms with Gasteiger partial charge in [0.1, 0.15) is 0 Å². The molecule has 3 aromatic rings. The summed E-state index contributed by atoms with van der Waals surface area (Å²) in [5.74, 6) is -1.19. The molecule has 0 saturated heterocycles. The van der Waals surface area contributed by atoms with Gasteiger partial charge < -0.3 is 5.32 Å². The second-order valence-electron chi connectivity index (χ2n) is 9.78. The molecule has 0 bridgehead atoms. The van der Waals surface area contributed by atoms with Crippen LogP contribution in [-0.4, -0.2) is 37.0 Å². The van der Waals surface area contributed by atoms with E-state index in [-0.39, 0.29) is 22.0 Å². The fourth-order valence-corrected chi connectivity index (χ4v) is 5.18. The number of sulfonamides is 1. The third kappa shape index (κ3) is 6.33. The van der Waals surface area contributed by atoms with Crippen LogP contribution in [0.4, 0.5) is 5.69 Å². The summed E-state index contributed by atoms with van der Waals surface area (Å²) in [6.45, 7) is 6.47. The van der Waals surface area contributed by atoms with Gasteiger partial charge in [0, 0.05) is 24.0 Å². The fourth-order valence-electron chi connectivity index (χ4n) is 3.39. The van der Waals surface area contributed by atoms with Crippen LogP contribution in [0.2, 0.25) is 10.0 Å². The van der Waals surface area contributed by atoms with Crippen molar-refractivity contribution in [3.63, 3.8) is 0 Å². The second-order valence-corrected chi connectivity index (χ2v) is 12.4. The topological polar surface area (TPSA) is 137 Å². The van der Waals surface area contributed by atoms with E-state index in [2.05, 4.69) is 15.0 Å². The van der Waals surface area contributed by atoms with Crippen molar-refractivity contribution in [1.29, 1.82) is 0 Å². The number of carbonyl (C=O) groups excluding carboxylic acids is 2. The van der Waals surface area contributed by atoms with Gasteiger partial charge in [-0.2, -0.15) is 0 Å². The molecule has 38 heavy (non-hydrogen) atoms. The van der Waals surface area contributed by atoms with Gasteiger partial charge in [-0.15, -0.1) is 0 Å². The van der Waals surface area contributed by atoms with Crippen molar-refractivity contribution in [2.45, 2.75) is 32.6 Å². The van der Waals surface area contributed by atoms with E-state index in [1.165, 1.54) is 18.2 Å². The van der Waals surface area contributed by atoms with Gasteiger partial charge >= 0.3 is 0 Å². The molecule has 4 N–H and O–H groups in total. The maximum atomic E-state index is 12.9. The number of hydroxylamine groups is 1. The Bertz CT molecular complexity index is 1460. The van der Waals surface area contributed by atoms with Crippen LogP contribution in [0, 0.1) is 10.8 Å². The molecule has 0 aliphatic carbocycles. The number of amides is 2. The molecule has 9 nitrogen and oxygen atoms in total. The van der Waals surface area contributed by atoms with E-state index in [0.29, 0.717) is 22.0 Å². The quantitative estimate of drug-likeness (QED) is 0.205. The Morgan fingerprint density at radius 1 is 0.974 bits per heavy atom. The van der Waals surface area contributed by atoms with E-state index >= 15 is 0 Å². The number of rotatable bonds is 9. The predicted molar refractivity (Wildman–Crippen MR) is 147 cm³/mol.